The first-order valence-corrected chi connectivity index (χ1v) is 14.3. The zero-order valence-electron chi connectivity index (χ0n) is 24.2. The maximum Gasteiger partial charge on any atom is 0.274 e. The van der Waals surface area contributed by atoms with Crippen molar-refractivity contribution in [3.63, 3.8) is 0 Å². The van der Waals surface area contributed by atoms with Crippen LogP contribution in [0.25, 0.3) is 5.70 Å². The Morgan fingerprint density at radius 2 is 1.83 bits per heavy atom. The lowest BCUT2D eigenvalue weighted by molar-refractivity contribution is 0.0718. The molecule has 214 valence electrons. The zero-order valence-corrected chi connectivity index (χ0v) is 24.2. The van der Waals surface area contributed by atoms with Crippen LogP contribution in [-0.4, -0.2) is 58.7 Å². The molecule has 0 N–H and O–H groups in total. The van der Waals surface area contributed by atoms with E-state index in [1.54, 1.807) is 38.7 Å². The molecule has 1 saturated heterocycles. The molecular weight excluding hydrogens is 516 g/mol. The van der Waals surface area contributed by atoms with Crippen LogP contribution in [0.4, 0.5) is 0 Å². The van der Waals surface area contributed by atoms with E-state index in [2.05, 4.69) is 18.0 Å². The van der Waals surface area contributed by atoms with Gasteiger partial charge in [-0.2, -0.15) is 5.10 Å². The van der Waals surface area contributed by atoms with Gasteiger partial charge < -0.3 is 14.4 Å². The molecule has 0 bridgehead atoms. The average Bonchev–Trinajstić information content (AvgIpc) is 3.29. The number of methoxy groups -OCH3 is 2. The van der Waals surface area contributed by atoms with Gasteiger partial charge in [0, 0.05) is 48.2 Å². The minimum absolute atomic E-state index is 0.0653. The smallest absolute Gasteiger partial charge is 0.274 e. The van der Waals surface area contributed by atoms with E-state index in [1.807, 2.05) is 52.9 Å². The van der Waals surface area contributed by atoms with Crippen LogP contribution in [0.3, 0.4) is 0 Å². The Balaban J connectivity index is 1.37. The van der Waals surface area contributed by atoms with Crippen molar-refractivity contribution in [1.29, 1.82) is 0 Å². The molecule has 2 aromatic heterocycles. The molecule has 0 aliphatic carbocycles. The van der Waals surface area contributed by atoms with Gasteiger partial charge >= 0.3 is 0 Å². The number of carbonyl (C=O) groups excluding carboxylic acids is 2. The second-order valence-corrected chi connectivity index (χ2v) is 10.9. The Morgan fingerprint density at radius 3 is 2.59 bits per heavy atom. The topological polar surface area (TPSA) is 86.5 Å². The molecule has 8 nitrogen and oxygen atoms in total. The molecule has 41 heavy (non-hydrogen) atoms. The van der Waals surface area contributed by atoms with E-state index in [0.29, 0.717) is 35.8 Å². The van der Waals surface area contributed by atoms with Gasteiger partial charge in [-0.05, 0) is 80.0 Å². The molecule has 1 amide bonds. The number of Topliss-reactive ketones (excluding diaryl/α,β-unsaturated/α-hetero) is 1. The predicted molar refractivity (Wildman–Crippen MR) is 158 cm³/mol. The molecule has 5 rings (SSSR count). The minimum atomic E-state index is -0.128. The van der Waals surface area contributed by atoms with E-state index in [-0.39, 0.29) is 29.4 Å². The SMILES string of the molecule is COc1ccc(/C2=C/C=C\CCc3cc(C(=O)N4CCCC(C(C)C(=O)c5ccncc5)[C@@H](C)C4)nn32)cc1OC. The monoisotopic (exact) mass is 554 g/mol. The van der Waals surface area contributed by atoms with Crippen LogP contribution in [0.5, 0.6) is 11.5 Å². The second kappa shape index (κ2) is 12.5. The van der Waals surface area contributed by atoms with Crippen LogP contribution in [0.15, 0.2) is 67.0 Å². The Kier molecular flexibility index (Phi) is 8.67. The van der Waals surface area contributed by atoms with Gasteiger partial charge in [-0.15, -0.1) is 0 Å². The van der Waals surface area contributed by atoms with Crippen LogP contribution in [-0.2, 0) is 6.42 Å². The maximum absolute atomic E-state index is 13.9. The molecule has 0 spiro atoms. The molecular formula is C33H38N4O4. The lowest BCUT2D eigenvalue weighted by Crippen LogP contribution is -2.36. The lowest BCUT2D eigenvalue weighted by atomic mass is 9.77. The predicted octanol–water partition coefficient (Wildman–Crippen LogP) is 5.69. The first-order chi connectivity index (χ1) is 19.9. The number of benzene rings is 1. The van der Waals surface area contributed by atoms with E-state index < -0.39 is 0 Å². The van der Waals surface area contributed by atoms with Crippen molar-refractivity contribution in [3.05, 3.63) is 89.5 Å². The molecule has 3 atom stereocenters. The van der Waals surface area contributed by atoms with Crippen molar-refractivity contribution in [2.75, 3.05) is 27.3 Å². The molecule has 2 unspecified atom stereocenters. The third-order valence-corrected chi connectivity index (χ3v) is 8.38. The molecule has 1 aromatic carbocycles. The van der Waals surface area contributed by atoms with E-state index in [0.717, 1.165) is 42.6 Å². The third-order valence-electron chi connectivity index (χ3n) is 8.38. The number of likely N-dealkylation sites (tertiary alicyclic amines) is 1. The number of fused-ring (bicyclic) bond motifs is 1. The highest BCUT2D eigenvalue weighted by molar-refractivity contribution is 5.97. The van der Waals surface area contributed by atoms with Crippen molar-refractivity contribution < 1.29 is 19.1 Å². The summed E-state index contributed by atoms with van der Waals surface area (Å²) in [5, 5.41) is 4.85. The standard InChI is InChI=1S/C33H38N4O4/c1-22-21-36(18-8-10-27(22)23(2)32(38)24-14-16-34-17-15-24)33(39)28-20-26-9-6-5-7-11-29(37(26)35-28)25-12-13-30(40-3)31(19-25)41-4/h5,7,11-17,19-20,22-23,27H,6,8-10,18,21H2,1-4H3/b7-5-,29-11-/t22-,23?,27?/m0/s1. The quantitative estimate of drug-likeness (QED) is 0.349. The first-order valence-electron chi connectivity index (χ1n) is 14.3. The number of ether oxygens (including phenoxy) is 2. The van der Waals surface area contributed by atoms with E-state index in [1.165, 1.54) is 0 Å². The first kappa shape index (κ1) is 28.3. The highest BCUT2D eigenvalue weighted by atomic mass is 16.5. The fourth-order valence-corrected chi connectivity index (χ4v) is 6.12. The average molecular weight is 555 g/mol. The van der Waals surface area contributed by atoms with Crippen LogP contribution >= 0.6 is 0 Å². The number of rotatable bonds is 7. The molecule has 2 aliphatic rings. The molecule has 2 aliphatic heterocycles. The summed E-state index contributed by atoms with van der Waals surface area (Å²) >= 11 is 0. The fraction of sp³-hybridized carbons (Fsp3) is 0.394. The van der Waals surface area contributed by atoms with Crippen LogP contribution in [0.2, 0.25) is 0 Å². The van der Waals surface area contributed by atoms with E-state index >= 15 is 0 Å². The van der Waals surface area contributed by atoms with Gasteiger partial charge in [0.15, 0.2) is 23.0 Å². The Labute approximate surface area is 241 Å². The van der Waals surface area contributed by atoms with Crippen molar-refractivity contribution >= 4 is 17.4 Å². The molecule has 1 fully saturated rings. The Hall–Kier alpha value is -4.20. The van der Waals surface area contributed by atoms with E-state index in [4.69, 9.17) is 14.6 Å². The lowest BCUT2D eigenvalue weighted by Gasteiger charge is -2.29. The van der Waals surface area contributed by atoms with Gasteiger partial charge in [0.25, 0.3) is 5.91 Å². The second-order valence-electron chi connectivity index (χ2n) is 10.9. The maximum atomic E-state index is 13.9. The summed E-state index contributed by atoms with van der Waals surface area (Å²) in [5.74, 6) is 1.60. The van der Waals surface area contributed by atoms with Crippen molar-refractivity contribution in [2.45, 2.75) is 39.5 Å². The number of amides is 1. The number of aryl methyl sites for hydroxylation is 1. The summed E-state index contributed by atoms with van der Waals surface area (Å²) < 4.78 is 12.8. The van der Waals surface area contributed by atoms with Crippen LogP contribution in [0, 0.1) is 17.8 Å². The molecule has 3 aromatic rings. The van der Waals surface area contributed by atoms with E-state index in [9.17, 15) is 9.59 Å². The van der Waals surface area contributed by atoms with Gasteiger partial charge in [-0.3, -0.25) is 14.6 Å². The summed E-state index contributed by atoms with van der Waals surface area (Å²) in [6.45, 7) is 5.42. The third kappa shape index (κ3) is 5.97. The highest BCUT2D eigenvalue weighted by Gasteiger charge is 2.34. The summed E-state index contributed by atoms with van der Waals surface area (Å²) in [6, 6.07) is 11.3. The minimum Gasteiger partial charge on any atom is -0.493 e. The summed E-state index contributed by atoms with van der Waals surface area (Å²) in [4.78, 5) is 33.0. The van der Waals surface area contributed by atoms with Gasteiger partial charge in [0.1, 0.15) is 0 Å². The molecule has 4 heterocycles. The van der Waals surface area contributed by atoms with Gasteiger partial charge in [0.2, 0.25) is 0 Å². The van der Waals surface area contributed by atoms with Crippen molar-refractivity contribution in [1.82, 2.24) is 19.7 Å². The number of ketones is 1. The number of pyridine rings is 1. The molecule has 0 radical (unpaired) electrons. The van der Waals surface area contributed by atoms with Crippen molar-refractivity contribution in [2.24, 2.45) is 17.8 Å². The summed E-state index contributed by atoms with van der Waals surface area (Å²) in [5.41, 5.74) is 3.90. The van der Waals surface area contributed by atoms with Crippen molar-refractivity contribution in [3.8, 4) is 11.5 Å². The highest BCUT2D eigenvalue weighted by Crippen LogP contribution is 2.34. The number of aromatic nitrogens is 3. The van der Waals surface area contributed by atoms with Crippen LogP contribution < -0.4 is 9.47 Å². The number of carbonyl (C=O) groups is 2. The summed E-state index contributed by atoms with van der Waals surface area (Å²) in [7, 11) is 3.23. The number of hydrogen-bond acceptors (Lipinski definition) is 6. The van der Waals surface area contributed by atoms with Crippen LogP contribution in [0.1, 0.15) is 65.2 Å². The molecule has 8 heteroatoms. The number of nitrogens with zero attached hydrogens (tertiary/aromatic N) is 4. The van der Waals surface area contributed by atoms with Gasteiger partial charge in [-0.25, -0.2) is 4.68 Å². The number of allylic oxidation sites excluding steroid dienone is 3. The normalized spacial score (nSPS) is 21.8. The molecule has 0 saturated carbocycles. The van der Waals surface area contributed by atoms with Gasteiger partial charge in [0.05, 0.1) is 19.9 Å². The number of hydrogen-bond donors (Lipinski definition) is 0. The zero-order chi connectivity index (χ0) is 28.9. The fourth-order valence-electron chi connectivity index (χ4n) is 6.12. The Morgan fingerprint density at radius 1 is 1.05 bits per heavy atom. The largest absolute Gasteiger partial charge is 0.493 e. The van der Waals surface area contributed by atoms with Gasteiger partial charge in [-0.1, -0.05) is 26.0 Å². The summed E-state index contributed by atoms with van der Waals surface area (Å²) in [6.07, 6.45) is 12.9. The Bertz CT molecular complexity index is 1460.